The third-order valence-corrected chi connectivity index (χ3v) is 6.88. The van der Waals surface area contributed by atoms with Crippen molar-refractivity contribution in [3.05, 3.63) is 35.3 Å². The number of halogens is 3. The summed E-state index contributed by atoms with van der Waals surface area (Å²) in [6, 6.07) is 0.717. The van der Waals surface area contributed by atoms with E-state index < -0.39 is 17.6 Å². The monoisotopic (exact) mass is 438 g/mol. The molecular weight excluding hydrogens is 417 g/mol. The summed E-state index contributed by atoms with van der Waals surface area (Å²) < 4.78 is 42.2. The lowest BCUT2D eigenvalue weighted by atomic mass is 9.83. The van der Waals surface area contributed by atoms with Crippen molar-refractivity contribution in [2.24, 2.45) is 11.3 Å². The van der Waals surface area contributed by atoms with Crippen LogP contribution in [-0.4, -0.2) is 26.3 Å². The first-order chi connectivity index (χ1) is 14.3. The molecule has 1 atom stereocenters. The van der Waals surface area contributed by atoms with Gasteiger partial charge in [-0.15, -0.1) is 5.10 Å². The molecule has 10 heteroatoms. The van der Waals surface area contributed by atoms with Crippen molar-refractivity contribution in [2.45, 2.75) is 57.5 Å². The highest BCUT2D eigenvalue weighted by molar-refractivity contribution is 7.10. The van der Waals surface area contributed by atoms with Gasteiger partial charge in [0.05, 0.1) is 11.1 Å². The minimum atomic E-state index is -4.60. The molecule has 160 valence electrons. The van der Waals surface area contributed by atoms with Crippen LogP contribution < -0.4 is 5.32 Å². The fourth-order valence-electron chi connectivity index (χ4n) is 4.48. The molecule has 30 heavy (non-hydrogen) atoms. The quantitative estimate of drug-likeness (QED) is 0.632. The van der Waals surface area contributed by atoms with E-state index in [1.165, 1.54) is 38.5 Å². The highest BCUT2D eigenvalue weighted by Crippen LogP contribution is 2.63. The summed E-state index contributed by atoms with van der Waals surface area (Å²) in [7, 11) is 0. The zero-order chi connectivity index (χ0) is 21.4. The number of Topliss-reactive ketones (excluding diaryl/α,β-unsaturated/α-hetero) is 1. The number of pyridine rings is 1. The van der Waals surface area contributed by atoms with Gasteiger partial charge >= 0.3 is 6.18 Å². The molecule has 1 unspecified atom stereocenters. The van der Waals surface area contributed by atoms with Crippen molar-refractivity contribution in [2.75, 3.05) is 5.32 Å². The smallest absolute Gasteiger partial charge is 0.310 e. The van der Waals surface area contributed by atoms with E-state index in [2.05, 4.69) is 19.9 Å². The van der Waals surface area contributed by atoms with Gasteiger partial charge in [-0.2, -0.15) is 13.2 Å². The van der Waals surface area contributed by atoms with Crippen LogP contribution in [0.5, 0.6) is 0 Å². The number of carbonyl (C=O) groups is 2. The van der Waals surface area contributed by atoms with Crippen LogP contribution in [0.2, 0.25) is 0 Å². The number of nitrogens with one attached hydrogen (secondary N) is 1. The number of hydrogen-bond donors (Lipinski definition) is 1. The van der Waals surface area contributed by atoms with E-state index in [0.29, 0.717) is 24.0 Å². The van der Waals surface area contributed by atoms with E-state index in [0.717, 1.165) is 30.2 Å². The average Bonchev–Trinajstić information content (AvgIpc) is 3.16. The molecule has 2 heterocycles. The van der Waals surface area contributed by atoms with Crippen LogP contribution in [0.25, 0.3) is 0 Å². The maximum absolute atomic E-state index is 12.8. The van der Waals surface area contributed by atoms with E-state index in [1.54, 1.807) is 0 Å². The van der Waals surface area contributed by atoms with E-state index in [9.17, 15) is 22.8 Å². The lowest BCUT2D eigenvalue weighted by molar-refractivity contribution is -0.137. The van der Waals surface area contributed by atoms with Gasteiger partial charge in [-0.25, -0.2) is 0 Å². The zero-order valence-electron chi connectivity index (χ0n) is 16.2. The predicted octanol–water partition coefficient (Wildman–Crippen LogP) is 5.14. The Bertz CT molecular complexity index is 954. The molecule has 2 aromatic rings. The minimum Gasteiger partial charge on any atom is -0.310 e. The molecule has 2 fully saturated rings. The Morgan fingerprint density at radius 3 is 2.70 bits per heavy atom. The van der Waals surface area contributed by atoms with Crippen molar-refractivity contribution >= 4 is 28.2 Å². The minimum absolute atomic E-state index is 0.0617. The van der Waals surface area contributed by atoms with E-state index in [-0.39, 0.29) is 22.0 Å². The molecule has 0 aromatic carbocycles. The second-order valence-electron chi connectivity index (χ2n) is 8.15. The largest absolute Gasteiger partial charge is 0.417 e. The third kappa shape index (κ3) is 4.38. The standard InChI is InChI=1S/C20H21F3N4O2S/c21-20(22,23)14-8-12(10-24-11-14)17(29)25-18-16(26-27-30-18)15(28)5-4-13-9-19(13)6-2-1-3-7-19/h8,10-11,13H,1-7,9H2,(H,25,29). The van der Waals surface area contributed by atoms with Gasteiger partial charge in [0, 0.05) is 30.3 Å². The molecule has 1 N–H and O–H groups in total. The fourth-order valence-corrected chi connectivity index (χ4v) is 5.07. The topological polar surface area (TPSA) is 84.8 Å². The second-order valence-corrected chi connectivity index (χ2v) is 8.90. The number of ketones is 1. The number of rotatable bonds is 6. The van der Waals surface area contributed by atoms with Gasteiger partial charge in [-0.05, 0) is 43.1 Å². The third-order valence-electron chi connectivity index (χ3n) is 6.23. The van der Waals surface area contributed by atoms with Crippen LogP contribution in [0.1, 0.15) is 77.8 Å². The predicted molar refractivity (Wildman–Crippen MR) is 104 cm³/mol. The molecule has 4 rings (SSSR count). The number of carbonyl (C=O) groups excluding carboxylic acids is 2. The van der Waals surface area contributed by atoms with E-state index in [1.807, 2.05) is 0 Å². The Hall–Kier alpha value is -2.36. The van der Waals surface area contributed by atoms with Gasteiger partial charge in [0.2, 0.25) is 0 Å². The van der Waals surface area contributed by atoms with Crippen molar-refractivity contribution in [1.29, 1.82) is 0 Å². The number of nitrogens with zero attached hydrogens (tertiary/aromatic N) is 3. The Morgan fingerprint density at radius 2 is 1.97 bits per heavy atom. The van der Waals surface area contributed by atoms with Gasteiger partial charge in [-0.3, -0.25) is 14.6 Å². The maximum atomic E-state index is 12.8. The summed E-state index contributed by atoms with van der Waals surface area (Å²) in [6.45, 7) is 0. The summed E-state index contributed by atoms with van der Waals surface area (Å²) in [5.41, 5.74) is -0.776. The van der Waals surface area contributed by atoms with Gasteiger partial charge in [0.1, 0.15) is 5.00 Å². The lowest BCUT2D eigenvalue weighted by Gasteiger charge is -2.22. The van der Waals surface area contributed by atoms with Crippen LogP contribution >= 0.6 is 11.5 Å². The molecule has 2 aromatic heterocycles. The Labute approximate surface area is 175 Å². The first kappa shape index (κ1) is 20.9. The van der Waals surface area contributed by atoms with Crippen LogP contribution in [0, 0.1) is 11.3 Å². The van der Waals surface area contributed by atoms with Crippen molar-refractivity contribution < 1.29 is 22.8 Å². The first-order valence-electron chi connectivity index (χ1n) is 9.98. The number of alkyl halides is 3. The highest BCUT2D eigenvalue weighted by atomic mass is 32.1. The zero-order valence-corrected chi connectivity index (χ0v) is 17.0. The highest BCUT2D eigenvalue weighted by Gasteiger charge is 2.52. The van der Waals surface area contributed by atoms with Crippen LogP contribution in [0.3, 0.4) is 0 Å². The molecule has 0 radical (unpaired) electrons. The normalized spacial score (nSPS) is 20.2. The number of aromatic nitrogens is 3. The average molecular weight is 438 g/mol. The number of anilines is 1. The maximum Gasteiger partial charge on any atom is 0.417 e. The van der Waals surface area contributed by atoms with E-state index in [4.69, 9.17) is 0 Å². The SMILES string of the molecule is O=C(Nc1snnc1C(=O)CCC1CC12CCCCC2)c1cncc(C(F)(F)F)c1. The molecule has 1 spiro atoms. The molecule has 2 aliphatic rings. The molecule has 2 aliphatic carbocycles. The Balaban J connectivity index is 1.37. The van der Waals surface area contributed by atoms with Crippen molar-refractivity contribution in [1.82, 2.24) is 14.6 Å². The van der Waals surface area contributed by atoms with Gasteiger partial charge in [-0.1, -0.05) is 23.8 Å². The van der Waals surface area contributed by atoms with Gasteiger partial charge < -0.3 is 5.32 Å². The summed E-state index contributed by atoms with van der Waals surface area (Å²) in [4.78, 5) is 28.5. The van der Waals surface area contributed by atoms with Gasteiger partial charge in [0.25, 0.3) is 5.91 Å². The van der Waals surface area contributed by atoms with Crippen molar-refractivity contribution in [3.63, 3.8) is 0 Å². The van der Waals surface area contributed by atoms with Crippen LogP contribution in [0.15, 0.2) is 18.5 Å². The van der Waals surface area contributed by atoms with Crippen LogP contribution in [0.4, 0.5) is 18.2 Å². The number of amides is 1. The summed E-state index contributed by atoms with van der Waals surface area (Å²) in [5, 5.41) is 6.43. The Kier molecular flexibility index (Phi) is 5.61. The molecule has 2 saturated carbocycles. The molecule has 1 amide bonds. The number of hydrogen-bond acceptors (Lipinski definition) is 6. The molecular formula is C20H21F3N4O2S. The van der Waals surface area contributed by atoms with E-state index >= 15 is 0 Å². The lowest BCUT2D eigenvalue weighted by Crippen LogP contribution is -2.16. The summed E-state index contributed by atoms with van der Waals surface area (Å²) >= 11 is 0.826. The van der Waals surface area contributed by atoms with Gasteiger partial charge in [0.15, 0.2) is 11.5 Å². The molecule has 0 saturated heterocycles. The second kappa shape index (κ2) is 8.05. The summed E-state index contributed by atoms with van der Waals surface area (Å²) in [6.07, 6.45) is 5.70. The summed E-state index contributed by atoms with van der Waals surface area (Å²) in [5.74, 6) is -0.432. The van der Waals surface area contributed by atoms with Crippen molar-refractivity contribution in [3.8, 4) is 0 Å². The van der Waals surface area contributed by atoms with Crippen LogP contribution in [-0.2, 0) is 6.18 Å². The molecule has 0 bridgehead atoms. The molecule has 6 nitrogen and oxygen atoms in total. The Morgan fingerprint density at radius 1 is 1.20 bits per heavy atom. The molecule has 0 aliphatic heterocycles. The first-order valence-corrected chi connectivity index (χ1v) is 10.7. The fraction of sp³-hybridized carbons (Fsp3) is 0.550.